The first-order valence-electron chi connectivity index (χ1n) is 11.4. The summed E-state index contributed by atoms with van der Waals surface area (Å²) in [5, 5.41) is 5.34. The van der Waals surface area contributed by atoms with E-state index < -0.39 is 0 Å². The number of hydrogen-bond acceptors (Lipinski definition) is 7. The van der Waals surface area contributed by atoms with Gasteiger partial charge in [0.05, 0.1) is 35.7 Å². The minimum atomic E-state index is 0.326. The summed E-state index contributed by atoms with van der Waals surface area (Å²) in [4.78, 5) is 12.4. The molecule has 2 aliphatic heterocycles. The van der Waals surface area contributed by atoms with Crippen LogP contribution in [0.2, 0.25) is 5.02 Å². The Labute approximate surface area is 209 Å². The molecular formula is C25H27ClN6OS. The van der Waals surface area contributed by atoms with Crippen molar-refractivity contribution < 1.29 is 4.74 Å². The maximum absolute atomic E-state index is 6.65. The summed E-state index contributed by atoms with van der Waals surface area (Å²) in [6.45, 7) is 4.93. The fourth-order valence-electron chi connectivity index (χ4n) is 4.63. The number of piperidine rings is 1. The smallest absolute Gasteiger partial charge is 0.158 e. The van der Waals surface area contributed by atoms with Gasteiger partial charge in [-0.25, -0.2) is 9.97 Å². The van der Waals surface area contributed by atoms with Crippen LogP contribution in [0.1, 0.15) is 37.3 Å². The average molecular weight is 495 g/mol. The summed E-state index contributed by atoms with van der Waals surface area (Å²) in [6, 6.07) is 5.76. The molecule has 1 spiro atoms. The molecule has 5 rings (SSSR count). The maximum Gasteiger partial charge on any atom is 0.158 e. The summed E-state index contributed by atoms with van der Waals surface area (Å²) in [5.74, 6) is 7.45. The number of benzene rings is 1. The molecule has 7 nitrogen and oxygen atoms in total. The van der Waals surface area contributed by atoms with Crippen molar-refractivity contribution in [3.8, 4) is 11.8 Å². The van der Waals surface area contributed by atoms with Crippen LogP contribution in [0, 0.1) is 17.3 Å². The van der Waals surface area contributed by atoms with Crippen LogP contribution in [0.15, 0.2) is 46.7 Å². The highest BCUT2D eigenvalue weighted by molar-refractivity contribution is 7.99. The molecule has 1 aromatic carbocycles. The molecule has 2 aromatic heterocycles. The van der Waals surface area contributed by atoms with E-state index in [0.29, 0.717) is 27.4 Å². The normalized spacial score (nSPS) is 19.3. The van der Waals surface area contributed by atoms with Gasteiger partial charge in [-0.1, -0.05) is 41.3 Å². The van der Waals surface area contributed by atoms with Gasteiger partial charge >= 0.3 is 0 Å². The summed E-state index contributed by atoms with van der Waals surface area (Å²) in [6.07, 6.45) is 9.13. The Balaban J connectivity index is 1.28. The third-order valence-corrected chi connectivity index (χ3v) is 8.10. The van der Waals surface area contributed by atoms with E-state index in [4.69, 9.17) is 22.1 Å². The summed E-state index contributed by atoms with van der Waals surface area (Å²) >= 11 is 8.06. The van der Waals surface area contributed by atoms with Crippen LogP contribution in [-0.4, -0.2) is 45.5 Å². The second kappa shape index (κ2) is 9.49. The topological polar surface area (TPSA) is 82.1 Å². The van der Waals surface area contributed by atoms with Crippen molar-refractivity contribution in [3.05, 3.63) is 52.9 Å². The van der Waals surface area contributed by atoms with Crippen LogP contribution in [0.25, 0.3) is 0 Å². The Hall–Kier alpha value is -2.73. The molecule has 0 unspecified atom stereocenters. The van der Waals surface area contributed by atoms with Gasteiger partial charge in [0.2, 0.25) is 0 Å². The lowest BCUT2D eigenvalue weighted by Crippen LogP contribution is -2.41. The number of ether oxygens (including phenoxy) is 1. The van der Waals surface area contributed by atoms with E-state index in [1.54, 1.807) is 10.9 Å². The lowest BCUT2D eigenvalue weighted by Gasteiger charge is -2.38. The van der Waals surface area contributed by atoms with Crippen molar-refractivity contribution in [3.63, 3.8) is 0 Å². The Bertz CT molecular complexity index is 1260. The summed E-state index contributed by atoms with van der Waals surface area (Å²) < 4.78 is 7.56. The molecule has 0 saturated carbocycles. The minimum Gasteiger partial charge on any atom is -0.381 e. The second-order valence-corrected chi connectivity index (χ2v) is 10.5. The van der Waals surface area contributed by atoms with E-state index in [-0.39, 0.29) is 0 Å². The monoisotopic (exact) mass is 494 g/mol. The van der Waals surface area contributed by atoms with E-state index in [0.717, 1.165) is 60.8 Å². The fraction of sp³-hybridized carbons (Fsp3) is 0.400. The molecule has 1 atom stereocenters. The van der Waals surface area contributed by atoms with Crippen molar-refractivity contribution in [2.45, 2.75) is 42.2 Å². The lowest BCUT2D eigenvalue weighted by molar-refractivity contribution is 0.0976. The van der Waals surface area contributed by atoms with Gasteiger partial charge in [-0.05, 0) is 43.7 Å². The van der Waals surface area contributed by atoms with Crippen LogP contribution in [0.3, 0.4) is 0 Å². The van der Waals surface area contributed by atoms with Crippen LogP contribution in [0.4, 0.5) is 11.6 Å². The zero-order chi connectivity index (χ0) is 23.7. The number of nitrogens with zero attached hydrogens (tertiary/aromatic N) is 5. The first kappa shape index (κ1) is 23.0. The van der Waals surface area contributed by atoms with Gasteiger partial charge in [0.1, 0.15) is 10.8 Å². The highest BCUT2D eigenvalue weighted by atomic mass is 35.5. The van der Waals surface area contributed by atoms with Crippen LogP contribution < -0.4 is 10.6 Å². The largest absolute Gasteiger partial charge is 0.381 e. The number of anilines is 2. The van der Waals surface area contributed by atoms with Gasteiger partial charge in [-0.3, -0.25) is 4.68 Å². The number of nitrogen functional groups attached to an aromatic ring is 1. The van der Waals surface area contributed by atoms with E-state index >= 15 is 0 Å². The van der Waals surface area contributed by atoms with Crippen LogP contribution in [0.5, 0.6) is 0 Å². The minimum absolute atomic E-state index is 0.326. The third kappa shape index (κ3) is 4.88. The molecule has 2 saturated heterocycles. The summed E-state index contributed by atoms with van der Waals surface area (Å²) in [5.41, 5.74) is 8.22. The molecule has 9 heteroatoms. The predicted octanol–water partition coefficient (Wildman–Crippen LogP) is 4.39. The zero-order valence-electron chi connectivity index (χ0n) is 19.3. The molecule has 3 aromatic rings. The van der Waals surface area contributed by atoms with E-state index in [1.165, 1.54) is 11.8 Å². The number of aryl methyl sites for hydroxylation is 1. The molecule has 4 heterocycles. The quantitative estimate of drug-likeness (QED) is 0.540. The van der Waals surface area contributed by atoms with E-state index in [9.17, 15) is 0 Å². The zero-order valence-corrected chi connectivity index (χ0v) is 20.9. The van der Waals surface area contributed by atoms with Crippen molar-refractivity contribution in [1.82, 2.24) is 19.7 Å². The van der Waals surface area contributed by atoms with Crippen molar-refractivity contribution in [2.24, 2.45) is 12.5 Å². The maximum atomic E-state index is 6.65. The van der Waals surface area contributed by atoms with Gasteiger partial charge in [0.15, 0.2) is 5.82 Å². The molecule has 0 bridgehead atoms. The fourth-order valence-corrected chi connectivity index (χ4v) is 5.73. The Kier molecular flexibility index (Phi) is 6.43. The number of nitrogens with two attached hydrogens (primary N) is 1. The first-order valence-corrected chi connectivity index (χ1v) is 12.6. The molecule has 176 valence electrons. The predicted molar refractivity (Wildman–Crippen MR) is 135 cm³/mol. The Morgan fingerprint density at radius 2 is 2.06 bits per heavy atom. The molecule has 0 amide bonds. The second-order valence-electron chi connectivity index (χ2n) is 9.10. The third-order valence-electron chi connectivity index (χ3n) is 6.51. The molecule has 2 aliphatic rings. The Morgan fingerprint density at radius 1 is 1.24 bits per heavy atom. The van der Waals surface area contributed by atoms with E-state index in [2.05, 4.69) is 38.7 Å². The van der Waals surface area contributed by atoms with Crippen molar-refractivity contribution in [1.29, 1.82) is 0 Å². The number of rotatable bonds is 3. The first-order chi connectivity index (χ1) is 16.4. The highest BCUT2D eigenvalue weighted by Gasteiger charge is 2.41. The molecular weight excluding hydrogens is 468 g/mol. The number of hydrogen-bond donors (Lipinski definition) is 1. The summed E-state index contributed by atoms with van der Waals surface area (Å²) in [7, 11) is 1.86. The van der Waals surface area contributed by atoms with Crippen molar-refractivity contribution >= 4 is 35.0 Å². The van der Waals surface area contributed by atoms with Gasteiger partial charge in [0, 0.05) is 36.8 Å². The van der Waals surface area contributed by atoms with E-state index in [1.807, 2.05) is 37.6 Å². The van der Waals surface area contributed by atoms with Crippen LogP contribution >= 0.6 is 23.4 Å². The average Bonchev–Trinajstić information content (AvgIpc) is 3.41. The number of halogens is 1. The molecule has 2 fully saturated rings. The van der Waals surface area contributed by atoms with Gasteiger partial charge in [-0.2, -0.15) is 5.10 Å². The van der Waals surface area contributed by atoms with Crippen molar-refractivity contribution in [2.75, 3.05) is 30.3 Å². The number of aromatic nitrogens is 4. The van der Waals surface area contributed by atoms with Gasteiger partial charge in [0.25, 0.3) is 0 Å². The molecule has 34 heavy (non-hydrogen) atoms. The molecule has 0 aliphatic carbocycles. The molecule has 0 radical (unpaired) electrons. The van der Waals surface area contributed by atoms with Gasteiger partial charge < -0.3 is 15.4 Å². The van der Waals surface area contributed by atoms with Crippen LogP contribution in [-0.2, 0) is 11.8 Å². The van der Waals surface area contributed by atoms with Gasteiger partial charge in [-0.15, -0.1) is 0 Å². The highest BCUT2D eigenvalue weighted by Crippen LogP contribution is 2.43. The SMILES string of the molecule is C[C@H]1CC2(CCN(c3cnc(Sc4cccc(C#Cc5cnn(C)c5)c4Cl)c(N)n3)CC2)CO1. The lowest BCUT2D eigenvalue weighted by atomic mass is 9.77. The standard InChI is InChI=1S/C25H27ClN6OS/c1-17-12-25(16-33-17)8-10-32(11-9-25)21-14-28-24(23(27)30-21)34-20-5-3-4-19(22(20)26)7-6-18-13-29-31(2)15-18/h3-5,13-15,17H,8-12,16H2,1-2H3,(H2,27,30)/t17-/m0/s1. The Morgan fingerprint density at radius 3 is 2.74 bits per heavy atom. The molecule has 2 N–H and O–H groups in total.